The summed E-state index contributed by atoms with van der Waals surface area (Å²) in [6.45, 7) is 2.70. The van der Waals surface area contributed by atoms with Crippen LogP contribution in [0.2, 0.25) is 0 Å². The number of piperidine rings is 1. The van der Waals surface area contributed by atoms with Crippen molar-refractivity contribution < 1.29 is 17.9 Å². The number of hydrogen-bond acceptors (Lipinski definition) is 4. The van der Waals surface area contributed by atoms with Gasteiger partial charge in [0.05, 0.1) is 12.0 Å². The highest BCUT2D eigenvalue weighted by molar-refractivity contribution is 7.89. The number of nitrogens with zero attached hydrogens (tertiary/aromatic N) is 1. The maximum atomic E-state index is 12.5. The van der Waals surface area contributed by atoms with Crippen LogP contribution >= 0.6 is 0 Å². The van der Waals surface area contributed by atoms with Crippen LogP contribution in [0.15, 0.2) is 29.2 Å². The third kappa shape index (κ3) is 3.74. The summed E-state index contributed by atoms with van der Waals surface area (Å²) in [6.07, 6.45) is 0.690. The molecule has 1 N–H and O–H groups in total. The number of benzene rings is 1. The van der Waals surface area contributed by atoms with Crippen molar-refractivity contribution in [2.45, 2.75) is 30.7 Å². The molecule has 1 amide bonds. The number of ether oxygens (including phenoxy) is 1. The van der Waals surface area contributed by atoms with Gasteiger partial charge in [-0.25, -0.2) is 13.2 Å². The molecule has 6 nitrogen and oxygen atoms in total. The van der Waals surface area contributed by atoms with Crippen molar-refractivity contribution in [1.29, 1.82) is 0 Å². The molecule has 7 heteroatoms. The second-order valence-electron chi connectivity index (χ2n) is 5.13. The van der Waals surface area contributed by atoms with Crippen LogP contribution in [0.1, 0.15) is 18.4 Å². The SMILES string of the molecule is COC(=O)NC1CCN(S(=O)(=O)c2ccc(C)cc2)CC1. The molecule has 1 aromatic carbocycles. The van der Waals surface area contributed by atoms with E-state index in [1.165, 1.54) is 11.4 Å². The lowest BCUT2D eigenvalue weighted by atomic mass is 10.1. The Hall–Kier alpha value is -1.60. The average molecular weight is 312 g/mol. The summed E-state index contributed by atoms with van der Waals surface area (Å²) in [4.78, 5) is 11.5. The highest BCUT2D eigenvalue weighted by Crippen LogP contribution is 2.21. The molecular formula is C14H20N2O4S. The van der Waals surface area contributed by atoms with Crippen molar-refractivity contribution in [3.63, 3.8) is 0 Å². The van der Waals surface area contributed by atoms with Crippen LogP contribution in [0.25, 0.3) is 0 Å². The predicted molar refractivity (Wildman–Crippen MR) is 78.5 cm³/mol. The Bertz CT molecular complexity index is 590. The van der Waals surface area contributed by atoms with E-state index in [1.54, 1.807) is 24.3 Å². The third-order valence-electron chi connectivity index (χ3n) is 3.62. The molecule has 1 saturated heterocycles. The van der Waals surface area contributed by atoms with Gasteiger partial charge in [-0.2, -0.15) is 4.31 Å². The van der Waals surface area contributed by atoms with E-state index in [-0.39, 0.29) is 6.04 Å². The van der Waals surface area contributed by atoms with Crippen LogP contribution in [0.4, 0.5) is 4.79 Å². The van der Waals surface area contributed by atoms with Crippen LogP contribution < -0.4 is 5.32 Å². The quantitative estimate of drug-likeness (QED) is 0.918. The molecular weight excluding hydrogens is 292 g/mol. The molecule has 0 aromatic heterocycles. The Kier molecular flexibility index (Phi) is 4.84. The largest absolute Gasteiger partial charge is 0.453 e. The lowest BCUT2D eigenvalue weighted by Gasteiger charge is -2.31. The highest BCUT2D eigenvalue weighted by Gasteiger charge is 2.29. The minimum atomic E-state index is -3.45. The van der Waals surface area contributed by atoms with E-state index in [0.717, 1.165) is 5.56 Å². The highest BCUT2D eigenvalue weighted by atomic mass is 32.2. The number of carbonyl (C=O) groups is 1. The molecule has 1 aromatic rings. The van der Waals surface area contributed by atoms with E-state index < -0.39 is 16.1 Å². The molecule has 2 rings (SSSR count). The molecule has 0 bridgehead atoms. The summed E-state index contributed by atoms with van der Waals surface area (Å²) in [6, 6.07) is 6.80. The van der Waals surface area contributed by atoms with Crippen LogP contribution in [0.5, 0.6) is 0 Å². The number of rotatable bonds is 3. The molecule has 0 atom stereocenters. The predicted octanol–water partition coefficient (Wildman–Crippen LogP) is 1.50. The maximum Gasteiger partial charge on any atom is 0.407 e. The second-order valence-corrected chi connectivity index (χ2v) is 7.07. The normalized spacial score (nSPS) is 17.4. The van der Waals surface area contributed by atoms with Crippen LogP contribution in [0, 0.1) is 6.92 Å². The fraction of sp³-hybridized carbons (Fsp3) is 0.500. The zero-order chi connectivity index (χ0) is 15.5. The molecule has 1 aliphatic heterocycles. The summed E-state index contributed by atoms with van der Waals surface area (Å²) in [5.74, 6) is 0. The van der Waals surface area contributed by atoms with Gasteiger partial charge in [0.15, 0.2) is 0 Å². The molecule has 116 valence electrons. The Labute approximate surface area is 125 Å². The smallest absolute Gasteiger partial charge is 0.407 e. The first-order chi connectivity index (χ1) is 9.93. The lowest BCUT2D eigenvalue weighted by molar-refractivity contribution is 0.161. The Morgan fingerprint density at radius 1 is 1.24 bits per heavy atom. The molecule has 0 saturated carbocycles. The number of hydrogen-bond donors (Lipinski definition) is 1. The van der Waals surface area contributed by atoms with Gasteiger partial charge in [0.2, 0.25) is 10.0 Å². The lowest BCUT2D eigenvalue weighted by Crippen LogP contribution is -2.46. The van der Waals surface area contributed by atoms with E-state index in [4.69, 9.17) is 0 Å². The van der Waals surface area contributed by atoms with Gasteiger partial charge in [-0.15, -0.1) is 0 Å². The number of methoxy groups -OCH3 is 1. The molecule has 1 heterocycles. The molecule has 0 unspecified atom stereocenters. The van der Waals surface area contributed by atoms with Crippen molar-refractivity contribution in [3.8, 4) is 0 Å². The number of alkyl carbamates (subject to hydrolysis) is 1. The molecule has 0 aliphatic carbocycles. The van der Waals surface area contributed by atoms with E-state index in [1.807, 2.05) is 6.92 Å². The van der Waals surface area contributed by atoms with E-state index in [0.29, 0.717) is 30.8 Å². The van der Waals surface area contributed by atoms with Crippen molar-refractivity contribution >= 4 is 16.1 Å². The fourth-order valence-electron chi connectivity index (χ4n) is 2.33. The topological polar surface area (TPSA) is 75.7 Å². The number of amides is 1. The van der Waals surface area contributed by atoms with Crippen LogP contribution in [-0.2, 0) is 14.8 Å². The average Bonchev–Trinajstić information content (AvgIpc) is 2.48. The Morgan fingerprint density at radius 2 is 1.81 bits per heavy atom. The standard InChI is InChI=1S/C14H20N2O4S/c1-11-3-5-13(6-4-11)21(18,19)16-9-7-12(8-10-16)15-14(17)20-2/h3-6,12H,7-10H2,1-2H3,(H,15,17). The molecule has 0 spiro atoms. The van der Waals surface area contributed by atoms with Gasteiger partial charge in [-0.1, -0.05) is 17.7 Å². The summed E-state index contributed by atoms with van der Waals surface area (Å²) < 4.78 is 31.0. The van der Waals surface area contributed by atoms with Crippen molar-refractivity contribution in [2.75, 3.05) is 20.2 Å². The first-order valence-electron chi connectivity index (χ1n) is 6.85. The summed E-state index contributed by atoms with van der Waals surface area (Å²) in [5, 5.41) is 2.71. The minimum Gasteiger partial charge on any atom is -0.453 e. The number of nitrogens with one attached hydrogen (secondary N) is 1. The van der Waals surface area contributed by atoms with Crippen molar-refractivity contribution in [2.24, 2.45) is 0 Å². The van der Waals surface area contributed by atoms with Gasteiger partial charge in [-0.3, -0.25) is 0 Å². The van der Waals surface area contributed by atoms with Gasteiger partial charge in [0, 0.05) is 19.1 Å². The first-order valence-corrected chi connectivity index (χ1v) is 8.29. The van der Waals surface area contributed by atoms with E-state index in [9.17, 15) is 13.2 Å². The van der Waals surface area contributed by atoms with Gasteiger partial charge in [0.1, 0.15) is 0 Å². The molecule has 21 heavy (non-hydrogen) atoms. The number of sulfonamides is 1. The second kappa shape index (κ2) is 6.44. The van der Waals surface area contributed by atoms with Gasteiger partial charge < -0.3 is 10.1 Å². The van der Waals surface area contributed by atoms with Crippen molar-refractivity contribution in [1.82, 2.24) is 9.62 Å². The number of carbonyl (C=O) groups excluding carboxylic acids is 1. The first kappa shape index (κ1) is 15.8. The Morgan fingerprint density at radius 3 is 2.33 bits per heavy atom. The van der Waals surface area contributed by atoms with E-state index in [2.05, 4.69) is 10.1 Å². The molecule has 1 fully saturated rings. The van der Waals surface area contributed by atoms with Crippen molar-refractivity contribution in [3.05, 3.63) is 29.8 Å². The van der Waals surface area contributed by atoms with Gasteiger partial charge in [0.25, 0.3) is 0 Å². The summed E-state index contributed by atoms with van der Waals surface area (Å²) in [7, 11) is -2.14. The molecule has 1 aliphatic rings. The van der Waals surface area contributed by atoms with Gasteiger partial charge in [-0.05, 0) is 31.9 Å². The van der Waals surface area contributed by atoms with E-state index >= 15 is 0 Å². The van der Waals surface area contributed by atoms with Crippen LogP contribution in [-0.4, -0.2) is 45.1 Å². The molecule has 0 radical (unpaired) electrons. The minimum absolute atomic E-state index is 0.0399. The zero-order valence-electron chi connectivity index (χ0n) is 12.2. The monoisotopic (exact) mass is 312 g/mol. The Balaban J connectivity index is 2.01. The zero-order valence-corrected chi connectivity index (χ0v) is 13.0. The summed E-state index contributed by atoms with van der Waals surface area (Å²) in [5.41, 5.74) is 1.02. The van der Waals surface area contributed by atoms with Gasteiger partial charge >= 0.3 is 6.09 Å². The maximum absolute atomic E-state index is 12.5. The summed E-state index contributed by atoms with van der Waals surface area (Å²) >= 11 is 0. The fourth-order valence-corrected chi connectivity index (χ4v) is 3.80. The van der Waals surface area contributed by atoms with Crippen LogP contribution in [0.3, 0.4) is 0 Å². The number of aryl methyl sites for hydroxylation is 1. The third-order valence-corrected chi connectivity index (χ3v) is 5.53.